The average Bonchev–Trinajstić information content (AvgIpc) is 2.97. The summed E-state index contributed by atoms with van der Waals surface area (Å²) in [6, 6.07) is 4.81. The summed E-state index contributed by atoms with van der Waals surface area (Å²) in [4.78, 5) is 1.34. The van der Waals surface area contributed by atoms with Crippen molar-refractivity contribution >= 4 is 11.3 Å². The van der Waals surface area contributed by atoms with Gasteiger partial charge >= 0.3 is 0 Å². The van der Waals surface area contributed by atoms with Gasteiger partial charge in [-0.2, -0.15) is 0 Å². The van der Waals surface area contributed by atoms with Gasteiger partial charge in [-0.15, -0.1) is 11.3 Å². The fraction of sp³-hybridized carbons (Fsp3) is 0.667. The number of ether oxygens (including phenoxy) is 1. The molecule has 1 saturated carbocycles. The summed E-state index contributed by atoms with van der Waals surface area (Å²) < 4.78 is 5.44. The molecule has 90 valence electrons. The number of nitrogens with one attached hydrogen (secondary N) is 1. The molecular weight excluding hydrogens is 222 g/mol. The summed E-state index contributed by atoms with van der Waals surface area (Å²) >= 11 is 1.75. The van der Waals surface area contributed by atoms with Gasteiger partial charge in [-0.25, -0.2) is 0 Å². The number of aliphatic hydroxyl groups excluding tert-OH is 1. The Morgan fingerprint density at radius 2 is 2.44 bits per heavy atom. The highest BCUT2D eigenvalue weighted by atomic mass is 32.1. The van der Waals surface area contributed by atoms with E-state index in [1.54, 1.807) is 11.3 Å². The molecule has 2 rings (SSSR count). The molecule has 1 fully saturated rings. The van der Waals surface area contributed by atoms with E-state index < -0.39 is 0 Å². The van der Waals surface area contributed by atoms with E-state index in [0.717, 1.165) is 6.42 Å². The lowest BCUT2D eigenvalue weighted by Crippen LogP contribution is -2.31. The Labute approximate surface area is 100 Å². The van der Waals surface area contributed by atoms with Gasteiger partial charge in [0.2, 0.25) is 0 Å². The fourth-order valence-electron chi connectivity index (χ4n) is 1.50. The molecule has 2 N–H and O–H groups in total. The Morgan fingerprint density at radius 1 is 1.56 bits per heavy atom. The lowest BCUT2D eigenvalue weighted by atomic mass is 10.3. The summed E-state index contributed by atoms with van der Waals surface area (Å²) in [6.45, 7) is 1.79. The van der Waals surface area contributed by atoms with E-state index in [-0.39, 0.29) is 6.10 Å². The predicted octanol–water partition coefficient (Wildman–Crippen LogP) is 1.42. The standard InChI is InChI=1S/C12H19NO2S/c14-11(8-13-10-3-4-10)9-15-6-5-12-2-1-7-16-12/h1-2,7,10-11,13-14H,3-6,8-9H2. The van der Waals surface area contributed by atoms with E-state index in [9.17, 15) is 5.11 Å². The van der Waals surface area contributed by atoms with E-state index in [0.29, 0.717) is 25.8 Å². The van der Waals surface area contributed by atoms with Gasteiger partial charge in [-0.3, -0.25) is 0 Å². The van der Waals surface area contributed by atoms with E-state index in [1.807, 2.05) is 0 Å². The van der Waals surface area contributed by atoms with Gasteiger partial charge < -0.3 is 15.2 Å². The van der Waals surface area contributed by atoms with Crippen molar-refractivity contribution in [3.05, 3.63) is 22.4 Å². The topological polar surface area (TPSA) is 41.5 Å². The van der Waals surface area contributed by atoms with Gasteiger partial charge in [0.25, 0.3) is 0 Å². The van der Waals surface area contributed by atoms with Crippen molar-refractivity contribution < 1.29 is 9.84 Å². The number of thiophene rings is 1. The van der Waals surface area contributed by atoms with Crippen LogP contribution in [0.5, 0.6) is 0 Å². The second-order valence-corrected chi connectivity index (χ2v) is 5.27. The van der Waals surface area contributed by atoms with Crippen molar-refractivity contribution in [3.8, 4) is 0 Å². The van der Waals surface area contributed by atoms with Crippen LogP contribution in [0, 0.1) is 0 Å². The Balaban J connectivity index is 1.46. The second-order valence-electron chi connectivity index (χ2n) is 4.24. The zero-order chi connectivity index (χ0) is 11.2. The first kappa shape index (κ1) is 12.0. The molecule has 0 amide bonds. The highest BCUT2D eigenvalue weighted by molar-refractivity contribution is 7.09. The van der Waals surface area contributed by atoms with Crippen molar-refractivity contribution in [3.63, 3.8) is 0 Å². The van der Waals surface area contributed by atoms with Crippen LogP contribution in [0.15, 0.2) is 17.5 Å². The van der Waals surface area contributed by atoms with Gasteiger partial charge in [-0.05, 0) is 24.3 Å². The lowest BCUT2D eigenvalue weighted by Gasteiger charge is -2.11. The van der Waals surface area contributed by atoms with Crippen LogP contribution < -0.4 is 5.32 Å². The highest BCUT2D eigenvalue weighted by Crippen LogP contribution is 2.18. The smallest absolute Gasteiger partial charge is 0.0897 e. The molecule has 3 nitrogen and oxygen atoms in total. The summed E-state index contributed by atoms with van der Waals surface area (Å²) in [5.74, 6) is 0. The van der Waals surface area contributed by atoms with Gasteiger partial charge in [0, 0.05) is 23.9 Å². The van der Waals surface area contributed by atoms with Crippen molar-refractivity contribution in [2.75, 3.05) is 19.8 Å². The fourth-order valence-corrected chi connectivity index (χ4v) is 2.19. The normalized spacial score (nSPS) is 17.6. The number of hydrogen-bond acceptors (Lipinski definition) is 4. The maximum atomic E-state index is 9.60. The Bertz CT molecular complexity index is 285. The van der Waals surface area contributed by atoms with Crippen LogP contribution in [0.4, 0.5) is 0 Å². The molecule has 1 unspecified atom stereocenters. The monoisotopic (exact) mass is 241 g/mol. The molecule has 1 aliphatic rings. The van der Waals surface area contributed by atoms with E-state index in [2.05, 4.69) is 22.8 Å². The van der Waals surface area contributed by atoms with Gasteiger partial charge in [-0.1, -0.05) is 6.07 Å². The van der Waals surface area contributed by atoms with E-state index >= 15 is 0 Å². The van der Waals surface area contributed by atoms with E-state index in [1.165, 1.54) is 17.7 Å². The molecule has 0 radical (unpaired) electrons. The van der Waals surface area contributed by atoms with Crippen molar-refractivity contribution in [1.29, 1.82) is 0 Å². The van der Waals surface area contributed by atoms with Crippen molar-refractivity contribution in [2.24, 2.45) is 0 Å². The van der Waals surface area contributed by atoms with Crippen LogP contribution in [0.3, 0.4) is 0 Å². The molecule has 16 heavy (non-hydrogen) atoms. The molecule has 1 heterocycles. The molecule has 1 aromatic heterocycles. The highest BCUT2D eigenvalue weighted by Gasteiger charge is 2.21. The summed E-state index contributed by atoms with van der Waals surface area (Å²) in [5, 5.41) is 15.0. The van der Waals surface area contributed by atoms with E-state index in [4.69, 9.17) is 4.74 Å². The Hall–Kier alpha value is -0.420. The third kappa shape index (κ3) is 4.61. The zero-order valence-electron chi connectivity index (χ0n) is 9.39. The summed E-state index contributed by atoms with van der Waals surface area (Å²) in [7, 11) is 0. The zero-order valence-corrected chi connectivity index (χ0v) is 10.2. The van der Waals surface area contributed by atoms with Crippen molar-refractivity contribution in [1.82, 2.24) is 5.32 Å². The Kier molecular flexibility index (Phi) is 4.78. The van der Waals surface area contributed by atoms with Gasteiger partial charge in [0.05, 0.1) is 19.3 Å². The van der Waals surface area contributed by atoms with Crippen LogP contribution >= 0.6 is 11.3 Å². The molecular formula is C12H19NO2S. The van der Waals surface area contributed by atoms with Gasteiger partial charge in [0.1, 0.15) is 0 Å². The van der Waals surface area contributed by atoms with Crippen LogP contribution in [0.1, 0.15) is 17.7 Å². The molecule has 0 bridgehead atoms. The SMILES string of the molecule is OC(CNC1CC1)COCCc1cccs1. The minimum absolute atomic E-state index is 0.371. The molecule has 0 aromatic carbocycles. The predicted molar refractivity (Wildman–Crippen MR) is 65.9 cm³/mol. The van der Waals surface area contributed by atoms with Crippen LogP contribution in [-0.2, 0) is 11.2 Å². The maximum absolute atomic E-state index is 9.60. The number of aliphatic hydroxyl groups is 1. The maximum Gasteiger partial charge on any atom is 0.0897 e. The number of hydrogen-bond donors (Lipinski definition) is 2. The molecule has 1 aromatic rings. The molecule has 0 aliphatic heterocycles. The molecule has 0 spiro atoms. The van der Waals surface area contributed by atoms with Crippen LogP contribution in [0.2, 0.25) is 0 Å². The minimum Gasteiger partial charge on any atom is -0.389 e. The first-order valence-electron chi connectivity index (χ1n) is 5.86. The van der Waals surface area contributed by atoms with Crippen LogP contribution in [0.25, 0.3) is 0 Å². The molecule has 4 heteroatoms. The molecule has 1 atom stereocenters. The summed E-state index contributed by atoms with van der Waals surface area (Å²) in [5.41, 5.74) is 0. The third-order valence-corrected chi connectivity index (χ3v) is 3.54. The second kappa shape index (κ2) is 6.35. The molecule has 1 aliphatic carbocycles. The largest absolute Gasteiger partial charge is 0.389 e. The van der Waals surface area contributed by atoms with Gasteiger partial charge in [0.15, 0.2) is 0 Å². The minimum atomic E-state index is -0.371. The lowest BCUT2D eigenvalue weighted by molar-refractivity contribution is 0.0384. The molecule has 0 saturated heterocycles. The first-order valence-corrected chi connectivity index (χ1v) is 6.74. The van der Waals surface area contributed by atoms with Crippen LogP contribution in [-0.4, -0.2) is 37.0 Å². The quantitative estimate of drug-likeness (QED) is 0.676. The average molecular weight is 241 g/mol. The number of rotatable bonds is 8. The first-order chi connectivity index (χ1) is 7.84. The Morgan fingerprint density at radius 3 is 3.12 bits per heavy atom. The summed E-state index contributed by atoms with van der Waals surface area (Å²) in [6.07, 6.45) is 3.09. The third-order valence-electron chi connectivity index (χ3n) is 2.60. The van der Waals surface area contributed by atoms with Crippen molar-refractivity contribution in [2.45, 2.75) is 31.4 Å².